The minimum Gasteiger partial charge on any atom is -0.258 e. The van der Waals surface area contributed by atoms with E-state index in [1.54, 1.807) is 23.9 Å². The molecule has 0 amide bonds. The highest BCUT2D eigenvalue weighted by Crippen LogP contribution is 2.24. The number of non-ortho nitro benzene ring substituents is 1. The summed E-state index contributed by atoms with van der Waals surface area (Å²) in [7, 11) is 0. The summed E-state index contributed by atoms with van der Waals surface area (Å²) in [4.78, 5) is 10.3. The highest BCUT2D eigenvalue weighted by molar-refractivity contribution is 7.98. The average molecular weight is 351 g/mol. The van der Waals surface area contributed by atoms with Gasteiger partial charge in [0.05, 0.1) is 10.6 Å². The molecule has 0 radical (unpaired) electrons. The highest BCUT2D eigenvalue weighted by Gasteiger charge is 2.06. The topological polar surface area (TPSA) is 68.9 Å². The molecule has 0 unspecified atom stereocenters. The second-order valence-corrected chi connectivity index (χ2v) is 6.76. The zero-order valence-electron chi connectivity index (χ0n) is 14.0. The molecule has 3 rings (SSSR count). The van der Waals surface area contributed by atoms with Crippen LogP contribution < -0.4 is 0 Å². The minimum atomic E-state index is -0.395. The van der Waals surface area contributed by atoms with Crippen LogP contribution >= 0.6 is 11.8 Å². The Bertz CT molecular complexity index is 894. The van der Waals surface area contributed by atoms with E-state index < -0.39 is 4.92 Å². The van der Waals surface area contributed by atoms with Crippen LogP contribution in [0.1, 0.15) is 16.7 Å². The summed E-state index contributed by atoms with van der Waals surface area (Å²) in [6, 6.07) is 16.7. The molecule has 0 atom stereocenters. The van der Waals surface area contributed by atoms with E-state index in [2.05, 4.69) is 42.2 Å². The predicted octanol–water partition coefficient (Wildman–Crippen LogP) is 4.96. The number of nitrogens with zero attached hydrogens (tertiary/aromatic N) is 3. The molecule has 0 aliphatic carbocycles. The van der Waals surface area contributed by atoms with Crippen LogP contribution in [0, 0.1) is 24.0 Å². The van der Waals surface area contributed by atoms with Gasteiger partial charge in [-0.2, -0.15) is 0 Å². The summed E-state index contributed by atoms with van der Waals surface area (Å²) >= 11 is 1.55. The molecule has 0 aliphatic rings. The average Bonchev–Trinajstić information content (AvgIpc) is 2.63. The molecule has 0 saturated heterocycles. The molecule has 3 aromatic rings. The standard InChI is InChI=1S/C19H17N3O2S/c1-13-3-6-16(11-14(13)2)18-9-10-19(21-20-18)25-12-15-4-7-17(8-5-15)22(23)24/h3-11H,12H2,1-2H3. The van der Waals surface area contributed by atoms with Crippen LogP contribution in [0.5, 0.6) is 0 Å². The molecule has 1 aromatic heterocycles. The maximum absolute atomic E-state index is 10.7. The monoisotopic (exact) mass is 351 g/mol. The number of benzene rings is 2. The Hall–Kier alpha value is -2.73. The molecule has 25 heavy (non-hydrogen) atoms. The van der Waals surface area contributed by atoms with E-state index in [-0.39, 0.29) is 5.69 Å². The quantitative estimate of drug-likeness (QED) is 0.369. The van der Waals surface area contributed by atoms with Gasteiger partial charge in [0.15, 0.2) is 0 Å². The fourth-order valence-corrected chi connectivity index (χ4v) is 3.09. The number of nitro benzene ring substituents is 1. The van der Waals surface area contributed by atoms with Gasteiger partial charge >= 0.3 is 0 Å². The van der Waals surface area contributed by atoms with Gasteiger partial charge in [-0.05, 0) is 48.7 Å². The minimum absolute atomic E-state index is 0.103. The first-order chi connectivity index (χ1) is 12.0. The summed E-state index contributed by atoms with van der Waals surface area (Å²) in [5, 5.41) is 20.1. The maximum atomic E-state index is 10.7. The lowest BCUT2D eigenvalue weighted by atomic mass is 10.0. The van der Waals surface area contributed by atoms with E-state index in [4.69, 9.17) is 0 Å². The van der Waals surface area contributed by atoms with Crippen LogP contribution in [0.25, 0.3) is 11.3 Å². The van der Waals surface area contributed by atoms with Crippen LogP contribution in [0.4, 0.5) is 5.69 Å². The number of rotatable bonds is 5. The lowest BCUT2D eigenvalue weighted by molar-refractivity contribution is -0.384. The SMILES string of the molecule is Cc1ccc(-c2ccc(SCc3ccc([N+](=O)[O-])cc3)nn2)cc1C. The van der Waals surface area contributed by atoms with E-state index in [9.17, 15) is 10.1 Å². The summed E-state index contributed by atoms with van der Waals surface area (Å²) in [5.74, 6) is 0.690. The lowest BCUT2D eigenvalue weighted by Crippen LogP contribution is -1.92. The second kappa shape index (κ2) is 7.44. The number of aromatic nitrogens is 2. The molecule has 126 valence electrons. The molecule has 0 fully saturated rings. The van der Waals surface area contributed by atoms with Crippen LogP contribution in [-0.2, 0) is 5.75 Å². The summed E-state index contributed by atoms with van der Waals surface area (Å²) in [6.07, 6.45) is 0. The Morgan fingerprint density at radius 1 is 0.960 bits per heavy atom. The van der Waals surface area contributed by atoms with Crippen molar-refractivity contribution < 1.29 is 4.92 Å². The highest BCUT2D eigenvalue weighted by atomic mass is 32.2. The molecule has 2 aromatic carbocycles. The van der Waals surface area contributed by atoms with Crippen LogP contribution in [0.15, 0.2) is 59.6 Å². The summed E-state index contributed by atoms with van der Waals surface area (Å²) in [5.41, 5.74) is 5.51. The molecule has 0 saturated carbocycles. The number of nitro groups is 1. The van der Waals surface area contributed by atoms with E-state index in [1.807, 2.05) is 12.1 Å². The van der Waals surface area contributed by atoms with Crippen LogP contribution in [0.3, 0.4) is 0 Å². The van der Waals surface area contributed by atoms with Crippen molar-refractivity contribution in [3.63, 3.8) is 0 Å². The molecule has 1 heterocycles. The van der Waals surface area contributed by atoms with Gasteiger partial charge in [-0.15, -0.1) is 10.2 Å². The van der Waals surface area contributed by atoms with Crippen molar-refractivity contribution >= 4 is 17.4 Å². The van der Waals surface area contributed by atoms with Gasteiger partial charge < -0.3 is 0 Å². The second-order valence-electron chi connectivity index (χ2n) is 5.77. The summed E-state index contributed by atoms with van der Waals surface area (Å²) in [6.45, 7) is 4.17. The molecule has 6 heteroatoms. The van der Waals surface area contributed by atoms with E-state index in [0.29, 0.717) is 5.75 Å². The third-order valence-corrected chi connectivity index (χ3v) is 4.97. The van der Waals surface area contributed by atoms with E-state index in [0.717, 1.165) is 21.8 Å². The molecular formula is C19H17N3O2S. The third-order valence-electron chi connectivity index (χ3n) is 3.98. The van der Waals surface area contributed by atoms with Gasteiger partial charge in [0.1, 0.15) is 5.03 Å². The fourth-order valence-electron chi connectivity index (χ4n) is 2.32. The van der Waals surface area contributed by atoms with Gasteiger partial charge in [0.25, 0.3) is 5.69 Å². The number of aryl methyl sites for hydroxylation is 2. The molecule has 0 aliphatic heterocycles. The zero-order valence-corrected chi connectivity index (χ0v) is 14.8. The predicted molar refractivity (Wildman–Crippen MR) is 99.6 cm³/mol. The van der Waals surface area contributed by atoms with Crippen molar-refractivity contribution in [2.45, 2.75) is 24.6 Å². The fraction of sp³-hybridized carbons (Fsp3) is 0.158. The smallest absolute Gasteiger partial charge is 0.258 e. The number of hydrogen-bond donors (Lipinski definition) is 0. The van der Waals surface area contributed by atoms with Crippen molar-refractivity contribution in [1.82, 2.24) is 10.2 Å². The summed E-state index contributed by atoms with van der Waals surface area (Å²) < 4.78 is 0. The van der Waals surface area contributed by atoms with E-state index >= 15 is 0 Å². The van der Waals surface area contributed by atoms with Gasteiger partial charge in [-0.1, -0.05) is 36.0 Å². The van der Waals surface area contributed by atoms with Gasteiger partial charge in [0.2, 0.25) is 0 Å². The van der Waals surface area contributed by atoms with Crippen molar-refractivity contribution in [3.8, 4) is 11.3 Å². The lowest BCUT2D eigenvalue weighted by Gasteiger charge is -2.05. The molecule has 0 spiro atoms. The first-order valence-corrected chi connectivity index (χ1v) is 8.79. The molecule has 5 nitrogen and oxygen atoms in total. The van der Waals surface area contributed by atoms with Crippen molar-refractivity contribution in [3.05, 3.63) is 81.4 Å². The van der Waals surface area contributed by atoms with Gasteiger partial charge in [0, 0.05) is 23.4 Å². The Morgan fingerprint density at radius 2 is 1.72 bits per heavy atom. The van der Waals surface area contributed by atoms with Crippen molar-refractivity contribution in [1.29, 1.82) is 0 Å². The van der Waals surface area contributed by atoms with E-state index in [1.165, 1.54) is 23.3 Å². The van der Waals surface area contributed by atoms with Gasteiger partial charge in [-0.3, -0.25) is 10.1 Å². The maximum Gasteiger partial charge on any atom is 0.269 e. The zero-order chi connectivity index (χ0) is 17.8. The van der Waals surface area contributed by atoms with Crippen LogP contribution in [-0.4, -0.2) is 15.1 Å². The van der Waals surface area contributed by atoms with Crippen molar-refractivity contribution in [2.75, 3.05) is 0 Å². The van der Waals surface area contributed by atoms with Crippen LogP contribution in [0.2, 0.25) is 0 Å². The first kappa shape index (κ1) is 17.1. The Balaban J connectivity index is 1.66. The van der Waals surface area contributed by atoms with Crippen molar-refractivity contribution in [2.24, 2.45) is 0 Å². The molecule has 0 N–H and O–H groups in total. The van der Waals surface area contributed by atoms with Gasteiger partial charge in [-0.25, -0.2) is 0 Å². The largest absolute Gasteiger partial charge is 0.269 e. The Kier molecular flexibility index (Phi) is 5.09. The number of thioether (sulfide) groups is 1. The Morgan fingerprint density at radius 3 is 2.32 bits per heavy atom. The normalized spacial score (nSPS) is 10.6. The Labute approximate surface area is 150 Å². The molecule has 0 bridgehead atoms. The molecular weight excluding hydrogens is 334 g/mol. The number of hydrogen-bond acceptors (Lipinski definition) is 5. The third kappa shape index (κ3) is 4.22. The first-order valence-electron chi connectivity index (χ1n) is 7.80.